The van der Waals surface area contributed by atoms with Crippen LogP contribution in [0.3, 0.4) is 0 Å². The smallest absolute Gasteiger partial charge is 0.238 e. The highest BCUT2D eigenvalue weighted by Crippen LogP contribution is 2.37. The lowest BCUT2D eigenvalue weighted by Gasteiger charge is -2.14. The Morgan fingerprint density at radius 2 is 1.62 bits per heavy atom. The second-order valence-electron chi connectivity index (χ2n) is 6.04. The zero-order valence-electron chi connectivity index (χ0n) is 14.3. The molecule has 1 N–H and O–H groups in total. The summed E-state index contributed by atoms with van der Waals surface area (Å²) in [5.74, 6) is 0.148. The topological polar surface area (TPSA) is 50.7 Å². The van der Waals surface area contributed by atoms with Gasteiger partial charge in [-0.1, -0.05) is 60.7 Å². The molecule has 4 heteroatoms. The van der Waals surface area contributed by atoms with Crippen molar-refractivity contribution in [2.75, 3.05) is 12.4 Å². The normalized spacial score (nSPS) is 16.1. The first-order chi connectivity index (χ1) is 12.8. The number of hydrogen-bond acceptors (Lipinski definition) is 3. The fourth-order valence-corrected chi connectivity index (χ4v) is 3.24. The molecule has 26 heavy (non-hydrogen) atoms. The molecule has 0 saturated heterocycles. The van der Waals surface area contributed by atoms with E-state index in [-0.39, 0.29) is 5.91 Å². The molecule has 1 amide bonds. The monoisotopic (exact) mass is 342 g/mol. The minimum Gasteiger partial charge on any atom is -0.494 e. The van der Waals surface area contributed by atoms with Crippen LogP contribution in [-0.2, 0) is 4.79 Å². The third-order valence-electron chi connectivity index (χ3n) is 4.46. The summed E-state index contributed by atoms with van der Waals surface area (Å²) in [6.07, 6.45) is 0. The molecule has 0 fully saturated rings. The standard InChI is InChI=1S/C22H18N2O2/c1-26-19-14-8-7-13-18(19)23-21(15-9-3-2-4-10-15)20-16-11-5-6-12-17(16)24-22(20)25/h2-14,20H,1H3,(H,24,25). The molecule has 1 atom stereocenters. The Labute approximate surface area is 152 Å². The van der Waals surface area contributed by atoms with Crippen LogP contribution in [0.15, 0.2) is 83.9 Å². The Balaban J connectivity index is 1.91. The van der Waals surface area contributed by atoms with Crippen molar-refractivity contribution in [2.45, 2.75) is 5.92 Å². The Hall–Kier alpha value is -3.40. The van der Waals surface area contributed by atoms with E-state index in [9.17, 15) is 4.79 Å². The highest BCUT2D eigenvalue weighted by Gasteiger charge is 2.35. The van der Waals surface area contributed by atoms with Crippen molar-refractivity contribution in [2.24, 2.45) is 4.99 Å². The van der Waals surface area contributed by atoms with Gasteiger partial charge in [-0.25, -0.2) is 4.99 Å². The number of nitrogens with zero attached hydrogens (tertiary/aromatic N) is 1. The van der Waals surface area contributed by atoms with Crippen LogP contribution in [0.5, 0.6) is 5.75 Å². The van der Waals surface area contributed by atoms with Gasteiger partial charge in [0, 0.05) is 5.69 Å². The average Bonchev–Trinajstić information content (AvgIpc) is 3.02. The molecule has 0 aliphatic carbocycles. The van der Waals surface area contributed by atoms with E-state index >= 15 is 0 Å². The SMILES string of the molecule is COc1ccccc1N=C(c1ccccc1)C1C(=O)Nc2ccccc21. The predicted octanol–water partition coefficient (Wildman–Crippen LogP) is 4.55. The number of methoxy groups -OCH3 is 1. The number of benzene rings is 3. The highest BCUT2D eigenvalue weighted by atomic mass is 16.5. The van der Waals surface area contributed by atoms with Gasteiger partial charge in [-0.15, -0.1) is 0 Å². The van der Waals surface area contributed by atoms with Crippen LogP contribution in [-0.4, -0.2) is 18.7 Å². The lowest BCUT2D eigenvalue weighted by Crippen LogP contribution is -2.22. The summed E-state index contributed by atoms with van der Waals surface area (Å²) in [4.78, 5) is 17.6. The fourth-order valence-electron chi connectivity index (χ4n) is 3.24. The van der Waals surface area contributed by atoms with Gasteiger partial charge in [-0.05, 0) is 29.3 Å². The second-order valence-corrected chi connectivity index (χ2v) is 6.04. The molecule has 4 nitrogen and oxygen atoms in total. The first-order valence-corrected chi connectivity index (χ1v) is 8.45. The van der Waals surface area contributed by atoms with E-state index < -0.39 is 5.92 Å². The minimum absolute atomic E-state index is 0.0660. The molecule has 1 unspecified atom stereocenters. The van der Waals surface area contributed by atoms with Crippen molar-refractivity contribution in [3.05, 3.63) is 90.0 Å². The molecule has 0 radical (unpaired) electrons. The first kappa shape index (κ1) is 16.1. The molecular weight excluding hydrogens is 324 g/mol. The van der Waals surface area contributed by atoms with Crippen LogP contribution in [0.1, 0.15) is 17.0 Å². The molecule has 0 saturated carbocycles. The molecule has 128 valence electrons. The summed E-state index contributed by atoms with van der Waals surface area (Å²) in [7, 11) is 1.62. The van der Waals surface area contributed by atoms with E-state index in [1.54, 1.807) is 7.11 Å². The molecule has 1 aliphatic rings. The molecule has 3 aromatic rings. The molecular formula is C22H18N2O2. The Morgan fingerprint density at radius 1 is 0.923 bits per heavy atom. The molecule has 0 aromatic heterocycles. The highest BCUT2D eigenvalue weighted by molar-refractivity contribution is 6.24. The summed E-state index contributed by atoms with van der Waals surface area (Å²) in [5.41, 5.74) is 4.10. The van der Waals surface area contributed by atoms with E-state index in [1.807, 2.05) is 78.9 Å². The lowest BCUT2D eigenvalue weighted by molar-refractivity contribution is -0.115. The van der Waals surface area contributed by atoms with Crippen molar-refractivity contribution in [1.29, 1.82) is 0 Å². The van der Waals surface area contributed by atoms with Gasteiger partial charge in [-0.3, -0.25) is 4.79 Å². The first-order valence-electron chi connectivity index (χ1n) is 8.45. The number of amides is 1. The third kappa shape index (κ3) is 2.86. The van der Waals surface area contributed by atoms with Gasteiger partial charge in [-0.2, -0.15) is 0 Å². The predicted molar refractivity (Wildman–Crippen MR) is 103 cm³/mol. The van der Waals surface area contributed by atoms with Crippen molar-refractivity contribution >= 4 is 23.0 Å². The van der Waals surface area contributed by atoms with Crippen molar-refractivity contribution in [3.63, 3.8) is 0 Å². The number of hydrogen-bond donors (Lipinski definition) is 1. The molecule has 0 bridgehead atoms. The quantitative estimate of drug-likeness (QED) is 0.707. The number of nitrogens with one attached hydrogen (secondary N) is 1. The summed E-state index contributed by atoms with van der Waals surface area (Å²) in [6, 6.07) is 25.1. The maximum atomic E-state index is 12.8. The van der Waals surface area contributed by atoms with Gasteiger partial charge >= 0.3 is 0 Å². The molecule has 1 aliphatic heterocycles. The van der Waals surface area contributed by atoms with Crippen molar-refractivity contribution < 1.29 is 9.53 Å². The number of fused-ring (bicyclic) bond motifs is 1. The molecule has 0 spiro atoms. The van der Waals surface area contributed by atoms with E-state index in [2.05, 4.69) is 5.32 Å². The van der Waals surface area contributed by atoms with Crippen LogP contribution < -0.4 is 10.1 Å². The van der Waals surface area contributed by atoms with E-state index in [4.69, 9.17) is 9.73 Å². The Kier molecular flexibility index (Phi) is 4.23. The van der Waals surface area contributed by atoms with Gasteiger partial charge in [0.15, 0.2) is 0 Å². The van der Waals surface area contributed by atoms with Crippen molar-refractivity contribution in [1.82, 2.24) is 0 Å². The Morgan fingerprint density at radius 3 is 2.42 bits per heavy atom. The zero-order valence-corrected chi connectivity index (χ0v) is 14.3. The van der Waals surface area contributed by atoms with Crippen LogP contribution in [0, 0.1) is 0 Å². The third-order valence-corrected chi connectivity index (χ3v) is 4.46. The van der Waals surface area contributed by atoms with Gasteiger partial charge in [0.05, 0.1) is 12.8 Å². The Bertz CT molecular complexity index is 980. The van der Waals surface area contributed by atoms with Crippen LogP contribution in [0.2, 0.25) is 0 Å². The van der Waals surface area contributed by atoms with E-state index in [0.717, 1.165) is 16.8 Å². The molecule has 4 rings (SSSR count). The van der Waals surface area contributed by atoms with E-state index in [1.165, 1.54) is 0 Å². The lowest BCUT2D eigenvalue weighted by atomic mass is 9.90. The van der Waals surface area contributed by atoms with Gasteiger partial charge in [0.1, 0.15) is 17.4 Å². The number of ether oxygens (including phenoxy) is 1. The van der Waals surface area contributed by atoms with E-state index in [0.29, 0.717) is 17.1 Å². The number of anilines is 1. The summed E-state index contributed by atoms with van der Waals surface area (Å²) in [5, 5.41) is 2.96. The largest absolute Gasteiger partial charge is 0.494 e. The van der Waals surface area contributed by atoms with Gasteiger partial charge in [0.2, 0.25) is 5.91 Å². The maximum Gasteiger partial charge on any atom is 0.238 e. The summed E-state index contributed by atoms with van der Waals surface area (Å²) < 4.78 is 5.43. The van der Waals surface area contributed by atoms with Crippen LogP contribution in [0.25, 0.3) is 0 Å². The molecule has 1 heterocycles. The summed E-state index contributed by atoms with van der Waals surface area (Å²) in [6.45, 7) is 0. The van der Waals surface area contributed by atoms with Crippen LogP contribution >= 0.6 is 0 Å². The van der Waals surface area contributed by atoms with Crippen LogP contribution in [0.4, 0.5) is 11.4 Å². The van der Waals surface area contributed by atoms with Gasteiger partial charge < -0.3 is 10.1 Å². The summed E-state index contributed by atoms with van der Waals surface area (Å²) >= 11 is 0. The van der Waals surface area contributed by atoms with Gasteiger partial charge in [0.25, 0.3) is 0 Å². The number of carbonyl (C=O) groups excluding carboxylic acids is 1. The number of rotatable bonds is 4. The number of carbonyl (C=O) groups is 1. The minimum atomic E-state index is -0.460. The zero-order chi connectivity index (χ0) is 17.9. The average molecular weight is 342 g/mol. The maximum absolute atomic E-state index is 12.8. The van der Waals surface area contributed by atoms with Crippen molar-refractivity contribution in [3.8, 4) is 5.75 Å². The second kappa shape index (κ2) is 6.84. The molecule has 3 aromatic carbocycles. The number of para-hydroxylation sites is 3. The fraction of sp³-hybridized carbons (Fsp3) is 0.0909. The number of aliphatic imine (C=N–C) groups is 1.